The maximum absolute atomic E-state index is 6.15. The van der Waals surface area contributed by atoms with Gasteiger partial charge in [-0.25, -0.2) is 0 Å². The molecule has 0 aliphatic heterocycles. The van der Waals surface area contributed by atoms with E-state index in [9.17, 15) is 0 Å². The molecule has 0 bridgehead atoms. The van der Waals surface area contributed by atoms with Crippen LogP contribution in [0.3, 0.4) is 0 Å². The molecule has 0 spiro atoms. The molecule has 0 radical (unpaired) electrons. The quantitative estimate of drug-likeness (QED) is 0.549. The van der Waals surface area contributed by atoms with Gasteiger partial charge in [0.05, 0.1) is 11.7 Å². The van der Waals surface area contributed by atoms with E-state index in [1.54, 1.807) is 0 Å². The summed E-state index contributed by atoms with van der Waals surface area (Å²) in [6.45, 7) is 9.02. The van der Waals surface area contributed by atoms with Gasteiger partial charge >= 0.3 is 0 Å². The Bertz CT molecular complexity index is 181. The number of ether oxygens (including phenoxy) is 1. The van der Waals surface area contributed by atoms with Crippen LogP contribution in [0, 0.1) is 11.8 Å². The number of alkyl halides is 1. The van der Waals surface area contributed by atoms with Crippen molar-refractivity contribution in [3.05, 3.63) is 0 Å². The summed E-state index contributed by atoms with van der Waals surface area (Å²) in [7, 11) is 0. The Balaban J connectivity index is 2.50. The molecule has 0 amide bonds. The van der Waals surface area contributed by atoms with Crippen LogP contribution in [0.2, 0.25) is 0 Å². The molecule has 0 aromatic carbocycles. The molecule has 15 heavy (non-hydrogen) atoms. The second kappa shape index (κ2) is 5.85. The summed E-state index contributed by atoms with van der Waals surface area (Å²) in [5.74, 6) is 1.77. The average molecular weight is 324 g/mol. The molecule has 1 aliphatic rings. The molecule has 0 aromatic heterocycles. The molecule has 2 heteroatoms. The van der Waals surface area contributed by atoms with E-state index in [1.165, 1.54) is 25.7 Å². The third-order valence-electron chi connectivity index (χ3n) is 3.61. The van der Waals surface area contributed by atoms with Gasteiger partial charge in [0.25, 0.3) is 0 Å². The fourth-order valence-electron chi connectivity index (χ4n) is 2.62. The van der Waals surface area contributed by atoms with Crippen molar-refractivity contribution in [2.45, 2.75) is 65.1 Å². The fraction of sp³-hybridized carbons (Fsp3) is 1.00. The molecule has 90 valence electrons. The predicted molar refractivity (Wildman–Crippen MR) is 74.6 cm³/mol. The van der Waals surface area contributed by atoms with E-state index in [0.717, 1.165) is 16.3 Å². The second-order valence-corrected chi connectivity index (χ2v) is 6.33. The van der Waals surface area contributed by atoms with E-state index >= 15 is 0 Å². The number of halogens is 1. The van der Waals surface area contributed by atoms with Crippen LogP contribution < -0.4 is 0 Å². The third kappa shape index (κ3) is 3.88. The molecule has 1 nitrogen and oxygen atoms in total. The van der Waals surface area contributed by atoms with Crippen LogP contribution in [0.5, 0.6) is 0 Å². The molecule has 1 aliphatic carbocycles. The van der Waals surface area contributed by atoms with E-state index in [0.29, 0.717) is 6.10 Å². The summed E-state index contributed by atoms with van der Waals surface area (Å²) in [5.41, 5.74) is 0.195. The number of hydrogen-bond donors (Lipinski definition) is 0. The molecule has 1 rings (SSSR count). The van der Waals surface area contributed by atoms with Crippen molar-refractivity contribution in [3.8, 4) is 0 Å². The Hall–Kier alpha value is 0.690. The maximum atomic E-state index is 6.15. The third-order valence-corrected chi connectivity index (χ3v) is 5.00. The first kappa shape index (κ1) is 13.8. The van der Waals surface area contributed by atoms with Crippen molar-refractivity contribution in [1.82, 2.24) is 0 Å². The average Bonchev–Trinajstić information content (AvgIpc) is 2.17. The van der Waals surface area contributed by atoms with Gasteiger partial charge in [-0.15, -0.1) is 0 Å². The summed E-state index contributed by atoms with van der Waals surface area (Å²) in [6.07, 6.45) is 5.60. The molecular weight excluding hydrogens is 299 g/mol. The molecule has 0 saturated heterocycles. The largest absolute Gasteiger partial charge is 0.372 e. The first-order valence-corrected chi connectivity index (χ1v) is 7.75. The van der Waals surface area contributed by atoms with Gasteiger partial charge in [0, 0.05) is 4.43 Å². The monoisotopic (exact) mass is 324 g/mol. The highest BCUT2D eigenvalue weighted by molar-refractivity contribution is 14.1. The van der Waals surface area contributed by atoms with Crippen LogP contribution in [0.15, 0.2) is 0 Å². The van der Waals surface area contributed by atoms with Gasteiger partial charge in [-0.1, -0.05) is 36.4 Å². The highest BCUT2D eigenvalue weighted by Gasteiger charge is 2.36. The molecule has 0 unspecified atom stereocenters. The first-order valence-electron chi connectivity index (χ1n) is 6.23. The lowest BCUT2D eigenvalue weighted by molar-refractivity contribution is -0.0924. The summed E-state index contributed by atoms with van der Waals surface area (Å²) in [4.78, 5) is 0. The fourth-order valence-corrected chi connectivity index (χ4v) is 3.56. The Morgan fingerprint density at radius 1 is 1.20 bits per heavy atom. The van der Waals surface area contributed by atoms with Gasteiger partial charge in [-0.05, 0) is 51.4 Å². The van der Waals surface area contributed by atoms with Crippen LogP contribution in [0.1, 0.15) is 53.4 Å². The standard InChI is InChI=1S/C13H25IO/c1-10(2)12-5-7-13(9-14,8-6-12)15-11(3)4/h10-12H,5-9H2,1-4H3. The minimum Gasteiger partial charge on any atom is -0.372 e. The molecular formula is C13H25IO. The normalized spacial score (nSPS) is 32.6. The lowest BCUT2D eigenvalue weighted by Crippen LogP contribution is -2.41. The minimum absolute atomic E-state index is 0.195. The highest BCUT2D eigenvalue weighted by Crippen LogP contribution is 2.39. The maximum Gasteiger partial charge on any atom is 0.0775 e. The van der Waals surface area contributed by atoms with Crippen LogP contribution in [-0.2, 0) is 4.74 Å². The molecule has 0 heterocycles. The van der Waals surface area contributed by atoms with Crippen LogP contribution in [-0.4, -0.2) is 16.1 Å². The van der Waals surface area contributed by atoms with Gasteiger partial charge in [0.2, 0.25) is 0 Å². The Morgan fingerprint density at radius 2 is 1.73 bits per heavy atom. The predicted octanol–water partition coefficient (Wildman–Crippen LogP) is 4.43. The molecule has 0 aromatic rings. The highest BCUT2D eigenvalue weighted by atomic mass is 127. The zero-order valence-corrected chi connectivity index (χ0v) is 12.7. The second-order valence-electron chi connectivity index (χ2n) is 5.56. The summed E-state index contributed by atoms with van der Waals surface area (Å²) < 4.78 is 7.30. The summed E-state index contributed by atoms with van der Waals surface area (Å²) >= 11 is 2.49. The molecule has 1 saturated carbocycles. The van der Waals surface area contributed by atoms with E-state index in [4.69, 9.17) is 4.74 Å². The molecule has 1 fully saturated rings. The molecule has 0 N–H and O–H groups in total. The van der Waals surface area contributed by atoms with Gasteiger partial charge in [0.1, 0.15) is 0 Å². The number of hydrogen-bond acceptors (Lipinski definition) is 1. The van der Waals surface area contributed by atoms with Crippen molar-refractivity contribution in [2.75, 3.05) is 4.43 Å². The van der Waals surface area contributed by atoms with Gasteiger partial charge in [-0.3, -0.25) is 0 Å². The van der Waals surface area contributed by atoms with E-state index < -0.39 is 0 Å². The minimum atomic E-state index is 0.195. The Kier molecular flexibility index (Phi) is 5.37. The van der Waals surface area contributed by atoms with Gasteiger partial charge < -0.3 is 4.74 Å². The smallest absolute Gasteiger partial charge is 0.0775 e. The molecule has 0 atom stereocenters. The van der Waals surface area contributed by atoms with Crippen molar-refractivity contribution >= 4 is 22.6 Å². The van der Waals surface area contributed by atoms with Crippen molar-refractivity contribution in [2.24, 2.45) is 11.8 Å². The number of rotatable bonds is 4. The first-order chi connectivity index (χ1) is 6.99. The summed E-state index contributed by atoms with van der Waals surface area (Å²) in [5, 5.41) is 0. The van der Waals surface area contributed by atoms with Crippen molar-refractivity contribution in [1.29, 1.82) is 0 Å². The Morgan fingerprint density at radius 3 is 2.07 bits per heavy atom. The lowest BCUT2D eigenvalue weighted by atomic mass is 9.75. The Labute approximate surface area is 108 Å². The van der Waals surface area contributed by atoms with Crippen LogP contribution >= 0.6 is 22.6 Å². The van der Waals surface area contributed by atoms with E-state index in [2.05, 4.69) is 50.3 Å². The lowest BCUT2D eigenvalue weighted by Gasteiger charge is -2.41. The van der Waals surface area contributed by atoms with Gasteiger partial charge in [0.15, 0.2) is 0 Å². The topological polar surface area (TPSA) is 9.23 Å². The SMILES string of the molecule is CC(C)OC1(CI)CCC(C(C)C)CC1. The van der Waals surface area contributed by atoms with Crippen molar-refractivity contribution in [3.63, 3.8) is 0 Å². The summed E-state index contributed by atoms with van der Waals surface area (Å²) in [6, 6.07) is 0. The zero-order valence-electron chi connectivity index (χ0n) is 10.6. The van der Waals surface area contributed by atoms with Crippen LogP contribution in [0.25, 0.3) is 0 Å². The van der Waals surface area contributed by atoms with Gasteiger partial charge in [-0.2, -0.15) is 0 Å². The van der Waals surface area contributed by atoms with E-state index in [-0.39, 0.29) is 5.60 Å². The van der Waals surface area contributed by atoms with Crippen molar-refractivity contribution < 1.29 is 4.74 Å². The van der Waals surface area contributed by atoms with Crippen LogP contribution in [0.4, 0.5) is 0 Å². The van der Waals surface area contributed by atoms with E-state index in [1.807, 2.05) is 0 Å². The zero-order chi connectivity index (χ0) is 11.5.